The molecule has 0 saturated carbocycles. The monoisotopic (exact) mass is 401 g/mol. The van der Waals surface area contributed by atoms with E-state index in [1.54, 1.807) is 0 Å². The molecule has 3 aromatic carbocycles. The molecule has 0 heterocycles. The van der Waals surface area contributed by atoms with Gasteiger partial charge in [-0.3, -0.25) is 4.79 Å². The highest BCUT2D eigenvalue weighted by atomic mass is 16.5. The van der Waals surface area contributed by atoms with Crippen LogP contribution in [0.25, 0.3) is 0 Å². The number of ether oxygens (including phenoxy) is 1. The van der Waals surface area contributed by atoms with Crippen molar-refractivity contribution >= 4 is 5.78 Å². The van der Waals surface area contributed by atoms with E-state index in [4.69, 9.17) is 4.74 Å². The fourth-order valence-electron chi connectivity index (χ4n) is 3.83. The number of rotatable bonds is 10. The summed E-state index contributed by atoms with van der Waals surface area (Å²) in [6, 6.07) is 28.1. The molecule has 3 nitrogen and oxygen atoms in total. The van der Waals surface area contributed by atoms with Gasteiger partial charge in [0.1, 0.15) is 12.4 Å². The van der Waals surface area contributed by atoms with Crippen molar-refractivity contribution in [2.24, 2.45) is 0 Å². The zero-order chi connectivity index (χ0) is 21.3. The standard InChI is InChI=1S/C27H31NO2/c1-4-25(21-11-7-5-8-12-21)26(22-13-9-6-10-14-22)27(29)23-15-17-24(18-16-23)30-20-19-28(2)3/h5-18,25-26H,4,19-20H2,1-3H3. The lowest BCUT2D eigenvalue weighted by atomic mass is 9.76. The molecule has 0 N–H and O–H groups in total. The molecule has 0 aliphatic rings. The van der Waals surface area contributed by atoms with E-state index < -0.39 is 0 Å². The predicted molar refractivity (Wildman–Crippen MR) is 123 cm³/mol. The number of carbonyl (C=O) groups is 1. The lowest BCUT2D eigenvalue weighted by molar-refractivity contribution is 0.0945. The first-order valence-corrected chi connectivity index (χ1v) is 10.6. The van der Waals surface area contributed by atoms with Gasteiger partial charge in [-0.15, -0.1) is 0 Å². The molecule has 0 radical (unpaired) electrons. The Morgan fingerprint density at radius 3 is 1.93 bits per heavy atom. The average Bonchev–Trinajstić information content (AvgIpc) is 2.78. The Hall–Kier alpha value is -2.91. The third-order valence-corrected chi connectivity index (χ3v) is 5.46. The van der Waals surface area contributed by atoms with Crippen LogP contribution in [0.3, 0.4) is 0 Å². The molecule has 0 saturated heterocycles. The van der Waals surface area contributed by atoms with Crippen molar-refractivity contribution in [2.75, 3.05) is 27.2 Å². The van der Waals surface area contributed by atoms with Gasteiger partial charge in [0, 0.05) is 12.1 Å². The van der Waals surface area contributed by atoms with E-state index in [0.717, 1.165) is 29.8 Å². The van der Waals surface area contributed by atoms with Crippen LogP contribution in [0.15, 0.2) is 84.9 Å². The highest BCUT2D eigenvalue weighted by Crippen LogP contribution is 2.38. The largest absolute Gasteiger partial charge is 0.492 e. The molecule has 2 atom stereocenters. The molecule has 3 aromatic rings. The van der Waals surface area contributed by atoms with E-state index in [9.17, 15) is 4.79 Å². The number of Topliss-reactive ketones (excluding diaryl/α,β-unsaturated/α-hetero) is 1. The summed E-state index contributed by atoms with van der Waals surface area (Å²) in [5.41, 5.74) is 2.98. The maximum absolute atomic E-state index is 13.7. The Morgan fingerprint density at radius 2 is 1.40 bits per heavy atom. The second-order valence-corrected chi connectivity index (χ2v) is 7.85. The molecular weight excluding hydrogens is 370 g/mol. The average molecular weight is 402 g/mol. The first-order valence-electron chi connectivity index (χ1n) is 10.6. The van der Waals surface area contributed by atoms with Gasteiger partial charge in [0.05, 0.1) is 5.92 Å². The Morgan fingerprint density at radius 1 is 0.833 bits per heavy atom. The van der Waals surface area contributed by atoms with Gasteiger partial charge in [0.2, 0.25) is 0 Å². The molecule has 0 bridgehead atoms. The van der Waals surface area contributed by atoms with Gasteiger partial charge in [0.25, 0.3) is 0 Å². The SMILES string of the molecule is CCC(c1ccccc1)C(C(=O)c1ccc(OCCN(C)C)cc1)c1ccccc1. The van der Waals surface area contributed by atoms with Crippen LogP contribution in [0.2, 0.25) is 0 Å². The van der Waals surface area contributed by atoms with E-state index in [2.05, 4.69) is 36.1 Å². The minimum Gasteiger partial charge on any atom is -0.492 e. The lowest BCUT2D eigenvalue weighted by Crippen LogP contribution is -2.21. The number of carbonyl (C=O) groups excluding carboxylic acids is 1. The van der Waals surface area contributed by atoms with Gasteiger partial charge >= 0.3 is 0 Å². The maximum Gasteiger partial charge on any atom is 0.170 e. The van der Waals surface area contributed by atoms with Crippen molar-refractivity contribution in [1.29, 1.82) is 0 Å². The van der Waals surface area contributed by atoms with Crippen LogP contribution in [0.1, 0.15) is 46.7 Å². The molecule has 0 amide bonds. The molecule has 0 fully saturated rings. The summed E-state index contributed by atoms with van der Waals surface area (Å²) < 4.78 is 5.78. The first-order chi connectivity index (χ1) is 14.6. The van der Waals surface area contributed by atoms with Crippen molar-refractivity contribution in [2.45, 2.75) is 25.2 Å². The molecule has 0 spiro atoms. The van der Waals surface area contributed by atoms with Gasteiger partial charge in [-0.25, -0.2) is 0 Å². The summed E-state index contributed by atoms with van der Waals surface area (Å²) in [6.07, 6.45) is 0.890. The van der Waals surface area contributed by atoms with Crippen LogP contribution < -0.4 is 4.74 Å². The van der Waals surface area contributed by atoms with Crippen molar-refractivity contribution < 1.29 is 9.53 Å². The van der Waals surface area contributed by atoms with Crippen LogP contribution in [-0.4, -0.2) is 37.9 Å². The normalized spacial score (nSPS) is 13.1. The van der Waals surface area contributed by atoms with Crippen molar-refractivity contribution in [3.05, 3.63) is 102 Å². The summed E-state index contributed by atoms with van der Waals surface area (Å²) in [5, 5.41) is 0. The highest BCUT2D eigenvalue weighted by Gasteiger charge is 2.30. The summed E-state index contributed by atoms with van der Waals surface area (Å²) in [4.78, 5) is 15.8. The quantitative estimate of drug-likeness (QED) is 0.403. The van der Waals surface area contributed by atoms with E-state index in [1.165, 1.54) is 5.56 Å². The van der Waals surface area contributed by atoms with Gasteiger partial charge < -0.3 is 9.64 Å². The van der Waals surface area contributed by atoms with Crippen molar-refractivity contribution in [3.8, 4) is 5.75 Å². The molecular formula is C27H31NO2. The Bertz CT molecular complexity index is 905. The molecule has 156 valence electrons. The van der Waals surface area contributed by atoms with E-state index >= 15 is 0 Å². The predicted octanol–water partition coefficient (Wildman–Crippen LogP) is 5.79. The summed E-state index contributed by atoms with van der Waals surface area (Å²) in [5.74, 6) is 0.840. The Labute approximate surface area is 180 Å². The third-order valence-electron chi connectivity index (χ3n) is 5.46. The molecule has 3 rings (SSSR count). The highest BCUT2D eigenvalue weighted by molar-refractivity contribution is 6.01. The van der Waals surface area contributed by atoms with Gasteiger partial charge in [-0.2, -0.15) is 0 Å². The van der Waals surface area contributed by atoms with Gasteiger partial charge in [-0.05, 0) is 61.8 Å². The van der Waals surface area contributed by atoms with E-state index in [0.29, 0.717) is 6.61 Å². The fraction of sp³-hybridized carbons (Fsp3) is 0.296. The topological polar surface area (TPSA) is 29.5 Å². The van der Waals surface area contributed by atoms with E-state index in [1.807, 2.05) is 74.8 Å². The number of likely N-dealkylation sites (N-methyl/N-ethyl adjacent to an activating group) is 1. The molecule has 3 heteroatoms. The van der Waals surface area contributed by atoms with Gasteiger partial charge in [0.15, 0.2) is 5.78 Å². The zero-order valence-electron chi connectivity index (χ0n) is 18.1. The molecule has 0 aliphatic carbocycles. The molecule has 2 unspecified atom stereocenters. The first kappa shape index (κ1) is 21.8. The minimum atomic E-state index is -0.223. The van der Waals surface area contributed by atoms with Crippen LogP contribution >= 0.6 is 0 Å². The van der Waals surface area contributed by atoms with E-state index in [-0.39, 0.29) is 17.6 Å². The number of hydrogen-bond donors (Lipinski definition) is 0. The number of hydrogen-bond acceptors (Lipinski definition) is 3. The Balaban J connectivity index is 1.87. The second-order valence-electron chi connectivity index (χ2n) is 7.85. The smallest absolute Gasteiger partial charge is 0.170 e. The van der Waals surface area contributed by atoms with Gasteiger partial charge in [-0.1, -0.05) is 67.6 Å². The number of nitrogens with zero attached hydrogens (tertiary/aromatic N) is 1. The lowest BCUT2D eigenvalue weighted by Gasteiger charge is -2.26. The number of benzene rings is 3. The van der Waals surface area contributed by atoms with Crippen molar-refractivity contribution in [1.82, 2.24) is 4.90 Å². The third kappa shape index (κ3) is 5.58. The second kappa shape index (κ2) is 10.7. The van der Waals surface area contributed by atoms with Crippen LogP contribution in [0.4, 0.5) is 0 Å². The van der Waals surface area contributed by atoms with Crippen LogP contribution in [0.5, 0.6) is 5.75 Å². The minimum absolute atomic E-state index is 0.122. The fourth-order valence-corrected chi connectivity index (χ4v) is 3.83. The summed E-state index contributed by atoms with van der Waals surface area (Å²) in [6.45, 7) is 3.63. The maximum atomic E-state index is 13.7. The Kier molecular flexibility index (Phi) is 7.81. The molecule has 0 aliphatic heterocycles. The summed E-state index contributed by atoms with van der Waals surface area (Å²) >= 11 is 0. The van der Waals surface area contributed by atoms with Crippen LogP contribution in [-0.2, 0) is 0 Å². The molecule has 30 heavy (non-hydrogen) atoms. The zero-order valence-corrected chi connectivity index (χ0v) is 18.1. The van der Waals surface area contributed by atoms with Crippen molar-refractivity contribution in [3.63, 3.8) is 0 Å². The molecule has 0 aromatic heterocycles. The number of ketones is 1. The summed E-state index contributed by atoms with van der Waals surface area (Å²) in [7, 11) is 4.04. The van der Waals surface area contributed by atoms with Crippen LogP contribution in [0, 0.1) is 0 Å².